The first-order chi connectivity index (χ1) is 55.9. The zero-order valence-corrected chi connectivity index (χ0v) is 83.0. The van der Waals surface area contributed by atoms with Crippen LogP contribution in [-0.2, 0) is 0 Å². The Hall–Kier alpha value is -0.580. The van der Waals surface area contributed by atoms with Gasteiger partial charge in [0.1, 0.15) is 0 Å². The van der Waals surface area contributed by atoms with Crippen LogP contribution in [0.5, 0.6) is 0 Å². The standard InChI is InChI=1S/3C28H50O2.C28H48O2/c4*1-18(2)7-12-25(29)19(3)22-10-11-23-21-9-8-20-17-26(4,30)15-16-27(20,5)24(21)13-14-28(22,23)6/h3*18-25,29-30H,7-17H2,1-6H3;8,18-19,21-25,29-30H,7,9-17H2,1-6H3/t19-,20+,21-,22+,23-,24-,25+,26-,27-,28+;2*19-,20-,21-,22+,23-,24-,25+,26-,27-,28+;19-,21-,22+,23-,24-,25+,26-,27-,28+/m0000/s1. The van der Waals surface area contributed by atoms with Crippen molar-refractivity contribution < 1.29 is 40.9 Å². The van der Waals surface area contributed by atoms with Crippen LogP contribution in [0.3, 0.4) is 0 Å². The Labute approximate surface area is 740 Å². The lowest BCUT2D eigenvalue weighted by molar-refractivity contribution is -0.149. The summed E-state index contributed by atoms with van der Waals surface area (Å²) in [6.45, 7) is 56.6. The molecule has 0 saturated heterocycles. The van der Waals surface area contributed by atoms with Gasteiger partial charge in [-0.2, -0.15) is 0 Å². The van der Waals surface area contributed by atoms with E-state index < -0.39 is 22.4 Å². The summed E-state index contributed by atoms with van der Waals surface area (Å²) < 4.78 is 0. The third-order valence-corrected chi connectivity index (χ3v) is 44.7. The van der Waals surface area contributed by atoms with E-state index in [0.717, 1.165) is 198 Å². The van der Waals surface area contributed by atoms with Gasteiger partial charge in [0.2, 0.25) is 0 Å². The molecule has 16 rings (SSSR count). The van der Waals surface area contributed by atoms with Crippen molar-refractivity contribution in [3.8, 4) is 0 Å². The van der Waals surface area contributed by atoms with Gasteiger partial charge in [0.05, 0.1) is 46.8 Å². The van der Waals surface area contributed by atoms with E-state index in [1.807, 2.05) is 6.92 Å². The third-order valence-electron chi connectivity index (χ3n) is 44.7. The molecule has 8 N–H and O–H groups in total. The highest BCUT2D eigenvalue weighted by molar-refractivity contribution is 5.27. The fourth-order valence-electron chi connectivity index (χ4n) is 36.9. The van der Waals surface area contributed by atoms with E-state index in [2.05, 4.69) is 165 Å². The highest BCUT2D eigenvalue weighted by Crippen LogP contribution is 2.75. The number of aliphatic hydroxyl groups excluding tert-OH is 4. The van der Waals surface area contributed by atoms with Crippen LogP contribution in [0.25, 0.3) is 0 Å². The number of allylic oxidation sites excluding steroid dienone is 1. The lowest BCUT2D eigenvalue weighted by atomic mass is 9.43. The molecule has 0 spiro atoms. The summed E-state index contributed by atoms with van der Waals surface area (Å²) in [5.74, 6) is 19.7. The van der Waals surface area contributed by atoms with Crippen LogP contribution in [0.4, 0.5) is 0 Å². The molecule has 39 atom stereocenters. The predicted octanol–water partition coefficient (Wildman–Crippen LogP) is 27.2. The number of hydrogen-bond acceptors (Lipinski definition) is 8. The van der Waals surface area contributed by atoms with Crippen molar-refractivity contribution in [3.05, 3.63) is 11.6 Å². The fourth-order valence-corrected chi connectivity index (χ4v) is 36.9. The van der Waals surface area contributed by atoms with E-state index in [4.69, 9.17) is 0 Å². The number of rotatable bonds is 20. The monoisotopic (exact) mass is 1670 g/mol. The number of aliphatic hydroxyl groups is 8. The Kier molecular flexibility index (Phi) is 29.5. The SMILES string of the molecule is CC(C)CC[C@@H](O)[C@@H](C)[C@H]1CC[C@H]2[C@@H]3CC=C4C[C@@](C)(O)CC[C@]4(C)[C@H]3CC[C@]12C.CC(C)CC[C@@H](O)[C@@H](C)[C@H]1CC[C@H]2[C@@H]3CC[C@@H]4C[C@@](C)(O)CC[C@]4(C)[C@H]3CC[C@]12C.CC(C)CC[C@@H](O)[C@@H](C)[C@H]1CC[C@H]2[C@@H]3CC[C@H]4C[C@@](C)(O)CC[C@]4(C)[C@H]3CC[C@]12C.CC(C)CC[C@@H](O)[C@@H](C)[C@H]1CC[C@H]2[C@@H]3CC[C@H]4C[C@@](C)(O)CC[C@]4(C)[C@H]3CC[C@]12C. The summed E-state index contributed by atoms with van der Waals surface area (Å²) in [6, 6.07) is 0. The van der Waals surface area contributed by atoms with E-state index in [1.165, 1.54) is 167 Å². The van der Waals surface area contributed by atoms with Crippen molar-refractivity contribution in [3.63, 3.8) is 0 Å². The van der Waals surface area contributed by atoms with Gasteiger partial charge >= 0.3 is 0 Å². The minimum absolute atomic E-state index is 0.125. The lowest BCUT2D eigenvalue weighted by Crippen LogP contribution is -2.55. The minimum Gasteiger partial charge on any atom is -0.393 e. The Morgan fingerprint density at radius 1 is 0.258 bits per heavy atom. The second-order valence-electron chi connectivity index (χ2n) is 53.5. The summed E-state index contributed by atoms with van der Waals surface area (Å²) in [6.07, 6.45) is 54.4. The maximum absolute atomic E-state index is 11.0. The summed E-state index contributed by atoms with van der Waals surface area (Å²) in [5.41, 5.74) is 3.15. The van der Waals surface area contributed by atoms with E-state index in [1.54, 1.807) is 5.57 Å². The molecule has 0 radical (unpaired) electrons. The van der Waals surface area contributed by atoms with Crippen LogP contribution in [0, 0.1) is 203 Å². The zero-order valence-electron chi connectivity index (χ0n) is 83.0. The van der Waals surface area contributed by atoms with Crippen molar-refractivity contribution in [2.45, 2.75) is 489 Å². The summed E-state index contributed by atoms with van der Waals surface area (Å²) >= 11 is 0. The minimum atomic E-state index is -0.499. The average Bonchev–Trinajstić information content (AvgIpc) is 1.33. The largest absolute Gasteiger partial charge is 0.393 e. The molecule has 0 unspecified atom stereocenters. The van der Waals surface area contributed by atoms with Crippen molar-refractivity contribution in [1.82, 2.24) is 0 Å². The highest BCUT2D eigenvalue weighted by atomic mass is 16.3. The maximum Gasteiger partial charge on any atom is 0.0657 e. The molecule has 0 aromatic heterocycles. The first-order valence-corrected chi connectivity index (χ1v) is 53.2. The molecule has 0 aliphatic heterocycles. The van der Waals surface area contributed by atoms with Gasteiger partial charge in [-0.15, -0.1) is 0 Å². The number of fused-ring (bicyclic) bond motifs is 20. The van der Waals surface area contributed by atoms with E-state index in [-0.39, 0.29) is 24.4 Å². The van der Waals surface area contributed by atoms with Crippen LogP contribution in [-0.4, -0.2) is 87.7 Å². The second kappa shape index (κ2) is 36.5. The van der Waals surface area contributed by atoms with Crippen molar-refractivity contribution in [2.75, 3.05) is 0 Å². The normalized spacial score (nSPS) is 49.8. The van der Waals surface area contributed by atoms with Gasteiger partial charge in [-0.3, -0.25) is 0 Å². The van der Waals surface area contributed by atoms with Crippen molar-refractivity contribution >= 4 is 0 Å². The molecule has 0 amide bonds. The Morgan fingerprint density at radius 2 is 0.508 bits per heavy atom. The first kappa shape index (κ1) is 97.0. The molecule has 15 fully saturated rings. The van der Waals surface area contributed by atoms with Gasteiger partial charge in [0, 0.05) is 0 Å². The lowest BCUT2D eigenvalue weighted by Gasteiger charge is -2.62. The summed E-state index contributed by atoms with van der Waals surface area (Å²) in [4.78, 5) is 0. The molecular formula is C112H198O8. The van der Waals surface area contributed by atoms with Crippen LogP contribution < -0.4 is 0 Å². The van der Waals surface area contributed by atoms with Crippen LogP contribution in [0.15, 0.2) is 11.6 Å². The predicted molar refractivity (Wildman–Crippen MR) is 500 cm³/mol. The molecule has 0 bridgehead atoms. The van der Waals surface area contributed by atoms with E-state index in [9.17, 15) is 40.9 Å². The molecule has 16 aliphatic rings. The molecule has 15 saturated carbocycles. The molecule has 16 aliphatic carbocycles. The topological polar surface area (TPSA) is 162 Å². The fraction of sp³-hybridized carbons (Fsp3) is 0.982. The Morgan fingerprint density at radius 3 is 0.783 bits per heavy atom. The van der Waals surface area contributed by atoms with Crippen LogP contribution in [0.1, 0.15) is 442 Å². The molecule has 8 nitrogen and oxygen atoms in total. The molecule has 694 valence electrons. The summed E-state index contributed by atoms with van der Waals surface area (Å²) in [5, 5.41) is 86.8. The summed E-state index contributed by atoms with van der Waals surface area (Å²) in [7, 11) is 0. The van der Waals surface area contributed by atoms with Crippen molar-refractivity contribution in [2.24, 2.45) is 203 Å². The van der Waals surface area contributed by atoms with Gasteiger partial charge in [0.25, 0.3) is 0 Å². The van der Waals surface area contributed by atoms with Crippen LogP contribution >= 0.6 is 0 Å². The Balaban J connectivity index is 0.000000138. The van der Waals surface area contributed by atoms with E-state index in [0.29, 0.717) is 114 Å². The molecule has 0 aromatic carbocycles. The van der Waals surface area contributed by atoms with Crippen molar-refractivity contribution in [1.29, 1.82) is 0 Å². The van der Waals surface area contributed by atoms with E-state index >= 15 is 0 Å². The molecule has 0 aromatic rings. The third kappa shape index (κ3) is 18.7. The highest BCUT2D eigenvalue weighted by Gasteiger charge is 2.67. The number of hydrogen-bond donors (Lipinski definition) is 8. The van der Waals surface area contributed by atoms with Gasteiger partial charge in [-0.05, 0) is 507 Å². The van der Waals surface area contributed by atoms with Gasteiger partial charge in [-0.25, -0.2) is 0 Å². The molecule has 120 heavy (non-hydrogen) atoms. The van der Waals surface area contributed by atoms with Crippen LogP contribution in [0.2, 0.25) is 0 Å². The zero-order chi connectivity index (χ0) is 87.6. The Bertz CT molecular complexity index is 3110. The van der Waals surface area contributed by atoms with Gasteiger partial charge in [0.15, 0.2) is 0 Å². The first-order valence-electron chi connectivity index (χ1n) is 53.2. The smallest absolute Gasteiger partial charge is 0.0657 e. The maximum atomic E-state index is 11.0. The van der Waals surface area contributed by atoms with Gasteiger partial charge < -0.3 is 40.9 Å². The molecular weight excluding hydrogens is 1470 g/mol. The molecule has 0 heterocycles. The average molecular weight is 1670 g/mol. The van der Waals surface area contributed by atoms with Gasteiger partial charge in [-0.1, -0.05) is 150 Å². The molecule has 8 heteroatoms. The quantitative estimate of drug-likeness (QED) is 0.0559. The second-order valence-corrected chi connectivity index (χ2v) is 53.5.